The van der Waals surface area contributed by atoms with Gasteiger partial charge in [-0.05, 0) is 38.5 Å². The highest BCUT2D eigenvalue weighted by Gasteiger charge is 2.26. The number of esters is 1. The lowest BCUT2D eigenvalue weighted by molar-refractivity contribution is -0.152. The molecule has 0 aromatic rings. The number of ether oxygens (including phenoxy) is 3. The van der Waals surface area contributed by atoms with Crippen LogP contribution in [0, 0.1) is 5.92 Å². The van der Waals surface area contributed by atoms with Crippen LogP contribution in [0.25, 0.3) is 0 Å². The molecule has 128 valence electrons. The normalized spacial score (nSPS) is 13.2. The third-order valence-corrected chi connectivity index (χ3v) is 3.58. The molecule has 0 radical (unpaired) electrons. The Hall–Kier alpha value is -1.44. The topological polar surface area (TPSA) is 90.9 Å². The van der Waals surface area contributed by atoms with Crippen molar-refractivity contribution in [3.63, 3.8) is 0 Å². The standard InChI is InChI=1S/C14H25NO6S/c1-6-19-13(17)15-11(8-22-14(18)20-7-2)12(16)21-10(5)9(3)4/h9-11H,6-8H2,1-5H3,(H,15,17)/t10-,11?/m0/s1. The van der Waals surface area contributed by atoms with Crippen molar-refractivity contribution in [1.82, 2.24) is 5.32 Å². The van der Waals surface area contributed by atoms with Crippen molar-refractivity contribution in [2.45, 2.75) is 46.8 Å². The molecule has 0 saturated heterocycles. The maximum atomic E-state index is 12.1. The van der Waals surface area contributed by atoms with Gasteiger partial charge < -0.3 is 19.5 Å². The summed E-state index contributed by atoms with van der Waals surface area (Å²) < 4.78 is 14.8. The van der Waals surface area contributed by atoms with Crippen molar-refractivity contribution < 1.29 is 28.6 Å². The Kier molecular flexibility index (Phi) is 10.4. The number of carbonyl (C=O) groups excluding carboxylic acids is 3. The van der Waals surface area contributed by atoms with Crippen molar-refractivity contribution >= 4 is 29.1 Å². The number of rotatable bonds is 8. The van der Waals surface area contributed by atoms with E-state index in [4.69, 9.17) is 14.2 Å². The van der Waals surface area contributed by atoms with Crippen molar-refractivity contribution in [2.75, 3.05) is 19.0 Å². The minimum absolute atomic E-state index is 0.0152. The Bertz CT molecular complexity index is 374. The first-order chi connectivity index (χ1) is 10.3. The zero-order valence-electron chi connectivity index (χ0n) is 13.7. The van der Waals surface area contributed by atoms with E-state index >= 15 is 0 Å². The number of carbonyl (C=O) groups is 3. The Morgan fingerprint density at radius 1 is 1.05 bits per heavy atom. The third-order valence-electron chi connectivity index (χ3n) is 2.72. The molecule has 2 atom stereocenters. The molecule has 0 aliphatic heterocycles. The summed E-state index contributed by atoms with van der Waals surface area (Å²) in [6.07, 6.45) is -1.03. The summed E-state index contributed by atoms with van der Waals surface area (Å²) in [5, 5.41) is 1.88. The lowest BCUT2D eigenvalue weighted by Crippen LogP contribution is -2.45. The summed E-state index contributed by atoms with van der Waals surface area (Å²) >= 11 is 0.801. The summed E-state index contributed by atoms with van der Waals surface area (Å²) in [6.45, 7) is 9.37. The SMILES string of the molecule is CCOC(=O)NC(CSC(=O)OCC)C(=O)O[C@@H](C)C(C)C. The van der Waals surface area contributed by atoms with Gasteiger partial charge in [-0.3, -0.25) is 0 Å². The summed E-state index contributed by atoms with van der Waals surface area (Å²) in [4.78, 5) is 34.9. The van der Waals surface area contributed by atoms with Crippen molar-refractivity contribution in [2.24, 2.45) is 5.92 Å². The summed E-state index contributed by atoms with van der Waals surface area (Å²) in [6, 6.07) is -0.977. The van der Waals surface area contributed by atoms with Gasteiger partial charge in [-0.1, -0.05) is 13.8 Å². The van der Waals surface area contributed by atoms with Crippen LogP contribution in [-0.4, -0.2) is 48.5 Å². The molecule has 7 nitrogen and oxygen atoms in total. The molecule has 0 aromatic heterocycles. The second kappa shape index (κ2) is 11.2. The van der Waals surface area contributed by atoms with Crippen molar-refractivity contribution in [3.05, 3.63) is 0 Å². The Morgan fingerprint density at radius 3 is 2.14 bits per heavy atom. The molecule has 0 aliphatic carbocycles. The quantitative estimate of drug-likeness (QED) is 0.538. The van der Waals surface area contributed by atoms with Crippen molar-refractivity contribution in [3.8, 4) is 0 Å². The molecule has 0 aliphatic rings. The monoisotopic (exact) mass is 335 g/mol. The van der Waals surface area contributed by atoms with Gasteiger partial charge in [-0.15, -0.1) is 0 Å². The highest BCUT2D eigenvalue weighted by Crippen LogP contribution is 2.12. The van der Waals surface area contributed by atoms with Crippen LogP contribution < -0.4 is 5.32 Å². The minimum atomic E-state index is -0.977. The second-order valence-corrected chi connectivity index (χ2v) is 5.75. The van der Waals surface area contributed by atoms with Crippen LogP contribution >= 0.6 is 11.8 Å². The molecule has 0 bridgehead atoms. The molecule has 0 aromatic carbocycles. The first-order valence-electron chi connectivity index (χ1n) is 7.25. The fourth-order valence-corrected chi connectivity index (χ4v) is 1.92. The van der Waals surface area contributed by atoms with Crippen LogP contribution in [0.5, 0.6) is 0 Å². The van der Waals surface area contributed by atoms with Crippen LogP contribution in [0.1, 0.15) is 34.6 Å². The Balaban J connectivity index is 4.65. The lowest BCUT2D eigenvalue weighted by Gasteiger charge is -2.21. The van der Waals surface area contributed by atoms with E-state index in [9.17, 15) is 14.4 Å². The molecule has 1 amide bonds. The maximum Gasteiger partial charge on any atom is 0.407 e. The number of amides is 1. The molecule has 0 rings (SSSR count). The minimum Gasteiger partial charge on any atom is -0.461 e. The van der Waals surface area contributed by atoms with Crippen molar-refractivity contribution in [1.29, 1.82) is 0 Å². The van der Waals surface area contributed by atoms with Crippen LogP contribution in [-0.2, 0) is 19.0 Å². The first kappa shape index (κ1) is 20.6. The van der Waals surface area contributed by atoms with Crippen LogP contribution in [0.3, 0.4) is 0 Å². The van der Waals surface area contributed by atoms with Gasteiger partial charge in [0.1, 0.15) is 12.1 Å². The Labute approximate surface area is 135 Å². The lowest BCUT2D eigenvalue weighted by atomic mass is 10.1. The van der Waals surface area contributed by atoms with Gasteiger partial charge in [0, 0.05) is 5.75 Å². The zero-order valence-corrected chi connectivity index (χ0v) is 14.5. The predicted octanol–water partition coefficient (Wildman–Crippen LogP) is 2.58. The molecular formula is C14H25NO6S. The van der Waals surface area contributed by atoms with E-state index in [1.165, 1.54) is 0 Å². The maximum absolute atomic E-state index is 12.1. The largest absolute Gasteiger partial charge is 0.461 e. The van der Waals surface area contributed by atoms with Gasteiger partial charge in [-0.25, -0.2) is 14.4 Å². The van der Waals surface area contributed by atoms with E-state index < -0.39 is 23.4 Å². The Morgan fingerprint density at radius 2 is 1.64 bits per heavy atom. The highest BCUT2D eigenvalue weighted by atomic mass is 32.2. The van der Waals surface area contributed by atoms with E-state index in [1.807, 2.05) is 13.8 Å². The molecule has 0 heterocycles. The summed E-state index contributed by atoms with van der Waals surface area (Å²) in [7, 11) is 0. The van der Waals surface area contributed by atoms with Gasteiger partial charge in [-0.2, -0.15) is 0 Å². The number of thioether (sulfide) groups is 1. The molecule has 0 fully saturated rings. The van der Waals surface area contributed by atoms with E-state index in [1.54, 1.807) is 20.8 Å². The fourth-order valence-electron chi connectivity index (χ4n) is 1.20. The van der Waals surface area contributed by atoms with Gasteiger partial charge in [0.2, 0.25) is 0 Å². The van der Waals surface area contributed by atoms with Gasteiger partial charge in [0.25, 0.3) is 0 Å². The molecule has 8 heteroatoms. The average Bonchev–Trinajstić information content (AvgIpc) is 2.43. The van der Waals surface area contributed by atoms with Crippen LogP contribution in [0.4, 0.5) is 9.59 Å². The zero-order chi connectivity index (χ0) is 17.1. The van der Waals surface area contributed by atoms with Gasteiger partial charge in [0.05, 0.1) is 13.2 Å². The molecular weight excluding hydrogens is 310 g/mol. The van der Waals surface area contributed by atoms with E-state index in [0.29, 0.717) is 0 Å². The second-order valence-electron chi connectivity index (χ2n) is 4.80. The number of hydrogen-bond acceptors (Lipinski definition) is 7. The first-order valence-corrected chi connectivity index (χ1v) is 8.23. The van der Waals surface area contributed by atoms with Crippen LogP contribution in [0.15, 0.2) is 0 Å². The van der Waals surface area contributed by atoms with E-state index in [0.717, 1.165) is 11.8 Å². The highest BCUT2D eigenvalue weighted by molar-refractivity contribution is 8.13. The predicted molar refractivity (Wildman–Crippen MR) is 83.8 cm³/mol. The van der Waals surface area contributed by atoms with Gasteiger partial charge >= 0.3 is 17.4 Å². The van der Waals surface area contributed by atoms with E-state index in [2.05, 4.69) is 5.32 Å². The molecule has 0 spiro atoms. The molecule has 22 heavy (non-hydrogen) atoms. The fraction of sp³-hybridized carbons (Fsp3) is 0.786. The summed E-state index contributed by atoms with van der Waals surface area (Å²) in [5.74, 6) is -0.447. The number of alkyl carbamates (subject to hydrolysis) is 1. The number of nitrogens with one attached hydrogen (secondary N) is 1. The smallest absolute Gasteiger partial charge is 0.407 e. The number of hydrogen-bond donors (Lipinski definition) is 1. The average molecular weight is 335 g/mol. The van der Waals surface area contributed by atoms with E-state index in [-0.39, 0.29) is 31.0 Å². The molecule has 1 N–H and O–H groups in total. The third kappa shape index (κ3) is 8.76. The van der Waals surface area contributed by atoms with Gasteiger partial charge in [0.15, 0.2) is 0 Å². The summed E-state index contributed by atoms with van der Waals surface area (Å²) in [5.41, 5.74) is 0. The molecule has 1 unspecified atom stereocenters. The molecule has 0 saturated carbocycles. The van der Waals surface area contributed by atoms with Crippen LogP contribution in [0.2, 0.25) is 0 Å².